The summed E-state index contributed by atoms with van der Waals surface area (Å²) in [6, 6.07) is 12.7. The van der Waals surface area contributed by atoms with Crippen molar-refractivity contribution >= 4 is 17.6 Å². The molecule has 6 heteroatoms. The van der Waals surface area contributed by atoms with Crippen LogP contribution in [-0.2, 0) is 11.2 Å². The maximum Gasteiger partial charge on any atom is 0.337 e. The molecule has 0 bridgehead atoms. The molecule has 0 fully saturated rings. The molecule has 0 aliphatic heterocycles. The van der Waals surface area contributed by atoms with E-state index in [0.29, 0.717) is 24.3 Å². The fourth-order valence-corrected chi connectivity index (χ4v) is 2.47. The third-order valence-corrected chi connectivity index (χ3v) is 3.74. The summed E-state index contributed by atoms with van der Waals surface area (Å²) in [6.45, 7) is 0. The van der Waals surface area contributed by atoms with Crippen LogP contribution in [0.15, 0.2) is 42.5 Å². The van der Waals surface area contributed by atoms with Gasteiger partial charge >= 0.3 is 5.97 Å². The van der Waals surface area contributed by atoms with Gasteiger partial charge in [-0.2, -0.15) is 0 Å². The van der Waals surface area contributed by atoms with E-state index in [1.54, 1.807) is 0 Å². The number of amides is 1. The maximum absolute atomic E-state index is 12.2. The molecule has 0 aliphatic rings. The van der Waals surface area contributed by atoms with Gasteiger partial charge in [0.1, 0.15) is 0 Å². The number of nitrogens with one attached hydrogen (secondary N) is 1. The number of aromatic carboxylic acids is 1. The summed E-state index contributed by atoms with van der Waals surface area (Å²) in [4.78, 5) is 23.6. The maximum atomic E-state index is 12.2. The van der Waals surface area contributed by atoms with Gasteiger partial charge in [0.15, 0.2) is 11.5 Å². The summed E-state index contributed by atoms with van der Waals surface area (Å²) in [5.74, 6) is -0.750. The quantitative estimate of drug-likeness (QED) is 0.768. The highest BCUT2D eigenvalue weighted by Gasteiger charge is 2.17. The molecule has 2 rings (SSSR count). The molecule has 2 aromatic carbocycles. The molecule has 2 N–H and O–H groups in total. The molecular formula is C19H21NO5. The van der Waals surface area contributed by atoms with Crippen molar-refractivity contribution in [3.05, 3.63) is 53.6 Å². The van der Waals surface area contributed by atoms with Gasteiger partial charge in [0.25, 0.3) is 0 Å². The summed E-state index contributed by atoms with van der Waals surface area (Å²) in [5.41, 5.74) is 1.30. The molecule has 2 aromatic rings. The highest BCUT2D eigenvalue weighted by molar-refractivity contribution is 6.01. The molecule has 0 aromatic heterocycles. The van der Waals surface area contributed by atoms with Crippen LogP contribution in [-0.4, -0.2) is 31.2 Å². The van der Waals surface area contributed by atoms with Gasteiger partial charge in [-0.05, 0) is 18.4 Å². The monoisotopic (exact) mass is 343 g/mol. The fourth-order valence-electron chi connectivity index (χ4n) is 2.47. The Morgan fingerprint density at radius 3 is 2.28 bits per heavy atom. The number of rotatable bonds is 8. The minimum Gasteiger partial charge on any atom is -0.493 e. The Kier molecular flexibility index (Phi) is 6.39. The lowest BCUT2D eigenvalue weighted by Crippen LogP contribution is -2.15. The van der Waals surface area contributed by atoms with Crippen LogP contribution in [0.5, 0.6) is 11.5 Å². The largest absolute Gasteiger partial charge is 0.493 e. The lowest BCUT2D eigenvalue weighted by atomic mass is 10.1. The minimum atomic E-state index is -1.15. The summed E-state index contributed by atoms with van der Waals surface area (Å²) < 4.78 is 10.3. The van der Waals surface area contributed by atoms with Crippen molar-refractivity contribution in [1.82, 2.24) is 0 Å². The van der Waals surface area contributed by atoms with Crippen LogP contribution in [0.25, 0.3) is 0 Å². The Balaban J connectivity index is 2.05. The molecule has 0 unspecified atom stereocenters. The highest BCUT2D eigenvalue weighted by atomic mass is 16.5. The molecule has 6 nitrogen and oxygen atoms in total. The molecule has 0 saturated carbocycles. The smallest absolute Gasteiger partial charge is 0.337 e. The second-order valence-corrected chi connectivity index (χ2v) is 5.45. The Morgan fingerprint density at radius 2 is 1.68 bits per heavy atom. The Morgan fingerprint density at radius 1 is 1.04 bits per heavy atom. The Hall–Kier alpha value is -3.02. The molecule has 132 valence electrons. The first-order valence-electron chi connectivity index (χ1n) is 7.88. The van der Waals surface area contributed by atoms with E-state index in [0.717, 1.165) is 12.0 Å². The van der Waals surface area contributed by atoms with Crippen molar-refractivity contribution in [2.45, 2.75) is 19.3 Å². The van der Waals surface area contributed by atoms with Crippen molar-refractivity contribution in [2.24, 2.45) is 0 Å². The number of carbonyl (C=O) groups is 2. The number of hydrogen-bond donors (Lipinski definition) is 2. The fraction of sp³-hybridized carbons (Fsp3) is 0.263. The highest BCUT2D eigenvalue weighted by Crippen LogP contribution is 2.33. The van der Waals surface area contributed by atoms with E-state index >= 15 is 0 Å². The second kappa shape index (κ2) is 8.73. The number of ether oxygens (including phenoxy) is 2. The zero-order chi connectivity index (χ0) is 18.2. The number of anilines is 1. The van der Waals surface area contributed by atoms with Gasteiger partial charge in [0.05, 0.1) is 25.5 Å². The van der Waals surface area contributed by atoms with Crippen molar-refractivity contribution in [2.75, 3.05) is 19.5 Å². The number of methoxy groups -OCH3 is 2. The summed E-state index contributed by atoms with van der Waals surface area (Å²) >= 11 is 0. The number of benzene rings is 2. The molecule has 1 amide bonds. The summed E-state index contributed by atoms with van der Waals surface area (Å²) in [6.07, 6.45) is 1.75. The van der Waals surface area contributed by atoms with Crippen LogP contribution >= 0.6 is 0 Å². The van der Waals surface area contributed by atoms with Gasteiger partial charge < -0.3 is 19.9 Å². The van der Waals surface area contributed by atoms with Crippen LogP contribution in [0.4, 0.5) is 5.69 Å². The van der Waals surface area contributed by atoms with Gasteiger partial charge in [-0.15, -0.1) is 0 Å². The first kappa shape index (κ1) is 18.3. The van der Waals surface area contributed by atoms with Crippen LogP contribution in [0.3, 0.4) is 0 Å². The molecule has 0 radical (unpaired) electrons. The second-order valence-electron chi connectivity index (χ2n) is 5.45. The number of carboxylic acid groups (broad SMARTS) is 1. The van der Waals surface area contributed by atoms with Crippen molar-refractivity contribution in [1.29, 1.82) is 0 Å². The molecule has 0 heterocycles. The Labute approximate surface area is 146 Å². The third-order valence-electron chi connectivity index (χ3n) is 3.74. The van der Waals surface area contributed by atoms with Crippen LogP contribution in [0.2, 0.25) is 0 Å². The number of carboxylic acids is 1. The van der Waals surface area contributed by atoms with Crippen molar-refractivity contribution in [3.8, 4) is 11.5 Å². The minimum absolute atomic E-state index is 0.0472. The predicted molar refractivity (Wildman–Crippen MR) is 94.5 cm³/mol. The molecule has 0 saturated heterocycles. The molecule has 0 aliphatic carbocycles. The first-order valence-corrected chi connectivity index (χ1v) is 7.88. The predicted octanol–water partition coefficient (Wildman–Crippen LogP) is 3.36. The average molecular weight is 343 g/mol. The normalized spacial score (nSPS) is 10.2. The SMILES string of the molecule is COc1cc(NC(=O)CCCc2ccccc2)c(C(=O)O)cc1OC. The van der Waals surface area contributed by atoms with E-state index in [2.05, 4.69) is 5.32 Å². The van der Waals surface area contributed by atoms with E-state index in [1.165, 1.54) is 26.4 Å². The zero-order valence-corrected chi connectivity index (χ0v) is 14.2. The lowest BCUT2D eigenvalue weighted by Gasteiger charge is -2.13. The number of hydrogen-bond acceptors (Lipinski definition) is 4. The molecule has 0 spiro atoms. The lowest BCUT2D eigenvalue weighted by molar-refractivity contribution is -0.116. The van der Waals surface area contributed by atoms with Gasteiger partial charge in [-0.3, -0.25) is 4.79 Å². The zero-order valence-electron chi connectivity index (χ0n) is 14.2. The van der Waals surface area contributed by atoms with E-state index in [1.807, 2.05) is 30.3 Å². The third kappa shape index (κ3) is 4.97. The van der Waals surface area contributed by atoms with Gasteiger partial charge in [-0.25, -0.2) is 4.79 Å². The van der Waals surface area contributed by atoms with Crippen LogP contribution in [0, 0.1) is 0 Å². The number of carbonyl (C=O) groups excluding carboxylic acids is 1. The number of aryl methyl sites for hydroxylation is 1. The standard InChI is InChI=1S/C19H21NO5/c1-24-16-11-14(19(22)23)15(12-17(16)25-2)20-18(21)10-6-9-13-7-4-3-5-8-13/h3-5,7-8,11-12H,6,9-10H2,1-2H3,(H,20,21)(H,22,23). The van der Waals surface area contributed by atoms with Crippen LogP contribution < -0.4 is 14.8 Å². The Bertz CT molecular complexity index is 743. The summed E-state index contributed by atoms with van der Waals surface area (Å²) in [7, 11) is 2.87. The molecular weight excluding hydrogens is 322 g/mol. The average Bonchev–Trinajstić information content (AvgIpc) is 2.62. The van der Waals surface area contributed by atoms with E-state index in [4.69, 9.17) is 9.47 Å². The van der Waals surface area contributed by atoms with E-state index in [9.17, 15) is 14.7 Å². The van der Waals surface area contributed by atoms with Gasteiger partial charge in [0.2, 0.25) is 5.91 Å². The first-order chi connectivity index (χ1) is 12.0. The van der Waals surface area contributed by atoms with E-state index < -0.39 is 5.97 Å². The van der Waals surface area contributed by atoms with Gasteiger partial charge in [0, 0.05) is 18.6 Å². The van der Waals surface area contributed by atoms with Gasteiger partial charge in [-0.1, -0.05) is 30.3 Å². The molecule has 25 heavy (non-hydrogen) atoms. The van der Waals surface area contributed by atoms with Crippen molar-refractivity contribution < 1.29 is 24.2 Å². The van der Waals surface area contributed by atoms with E-state index in [-0.39, 0.29) is 17.2 Å². The summed E-state index contributed by atoms with van der Waals surface area (Å²) in [5, 5.41) is 12.0. The topological polar surface area (TPSA) is 84.9 Å². The van der Waals surface area contributed by atoms with Crippen molar-refractivity contribution in [3.63, 3.8) is 0 Å². The molecule has 0 atom stereocenters. The van der Waals surface area contributed by atoms with Crippen LogP contribution in [0.1, 0.15) is 28.8 Å².